The number of hydrogen-bond acceptors (Lipinski definition) is 2. The van der Waals surface area contributed by atoms with Gasteiger partial charge in [-0.25, -0.2) is 0 Å². The lowest BCUT2D eigenvalue weighted by atomic mass is 10.0. The van der Waals surface area contributed by atoms with Crippen LogP contribution in [0.1, 0.15) is 67.7 Å². The van der Waals surface area contributed by atoms with Crippen LogP contribution in [-0.2, 0) is 9.47 Å². The van der Waals surface area contributed by atoms with Crippen LogP contribution in [0.3, 0.4) is 0 Å². The van der Waals surface area contributed by atoms with Crippen molar-refractivity contribution in [3.63, 3.8) is 0 Å². The second kappa shape index (κ2) is 9.57. The molecule has 0 fully saturated rings. The van der Waals surface area contributed by atoms with Crippen molar-refractivity contribution in [1.29, 1.82) is 0 Å². The molecule has 0 amide bonds. The van der Waals surface area contributed by atoms with E-state index < -0.39 is 0 Å². The van der Waals surface area contributed by atoms with Gasteiger partial charge in [-0.2, -0.15) is 0 Å². The molecule has 0 aromatic heterocycles. The smallest absolute Gasteiger partial charge is 0.177 e. The Hall–Kier alpha value is -0.340. The summed E-state index contributed by atoms with van der Waals surface area (Å²) in [5, 5.41) is 0. The minimum absolute atomic E-state index is 0.188. The standard InChI is InChI=1S/C16H32O2/c1-12(2)9-8-10-15(7)11-16(17-13(3)4)18-14(5)6/h11-14,16H,8-10H2,1-7H3. The molecular weight excluding hydrogens is 224 g/mol. The maximum atomic E-state index is 5.76. The summed E-state index contributed by atoms with van der Waals surface area (Å²) in [7, 11) is 0. The van der Waals surface area contributed by atoms with Gasteiger partial charge in [-0.3, -0.25) is 0 Å². The molecule has 0 unspecified atom stereocenters. The Bertz CT molecular complexity index is 219. The van der Waals surface area contributed by atoms with E-state index in [0.717, 1.165) is 12.3 Å². The van der Waals surface area contributed by atoms with Gasteiger partial charge in [-0.05, 0) is 59.5 Å². The van der Waals surface area contributed by atoms with Crippen LogP contribution in [0, 0.1) is 5.92 Å². The summed E-state index contributed by atoms with van der Waals surface area (Å²) in [4.78, 5) is 0. The fourth-order valence-electron chi connectivity index (χ4n) is 1.75. The SMILES string of the molecule is CC(=CC(OC(C)C)OC(C)C)CCCC(C)C. The van der Waals surface area contributed by atoms with E-state index in [4.69, 9.17) is 9.47 Å². The van der Waals surface area contributed by atoms with Crippen molar-refractivity contribution in [2.45, 2.75) is 86.2 Å². The highest BCUT2D eigenvalue weighted by atomic mass is 16.7. The lowest BCUT2D eigenvalue weighted by Crippen LogP contribution is -2.23. The second-order valence-electron chi connectivity index (χ2n) is 6.04. The van der Waals surface area contributed by atoms with Crippen LogP contribution in [0.4, 0.5) is 0 Å². The van der Waals surface area contributed by atoms with E-state index in [1.807, 2.05) is 27.7 Å². The van der Waals surface area contributed by atoms with Crippen molar-refractivity contribution in [2.75, 3.05) is 0 Å². The molecule has 0 N–H and O–H groups in total. The first-order chi connectivity index (χ1) is 8.31. The predicted molar refractivity (Wildman–Crippen MR) is 78.7 cm³/mol. The molecule has 18 heavy (non-hydrogen) atoms. The third-order valence-electron chi connectivity index (χ3n) is 2.59. The van der Waals surface area contributed by atoms with Gasteiger partial charge in [0.05, 0.1) is 12.2 Å². The van der Waals surface area contributed by atoms with Gasteiger partial charge in [0.15, 0.2) is 6.29 Å². The van der Waals surface area contributed by atoms with E-state index in [1.165, 1.54) is 18.4 Å². The fourth-order valence-corrected chi connectivity index (χ4v) is 1.75. The van der Waals surface area contributed by atoms with Crippen LogP contribution >= 0.6 is 0 Å². The molecule has 0 aromatic carbocycles. The van der Waals surface area contributed by atoms with Crippen LogP contribution in [0.15, 0.2) is 11.6 Å². The summed E-state index contributed by atoms with van der Waals surface area (Å²) >= 11 is 0. The first kappa shape index (κ1) is 17.7. The van der Waals surface area contributed by atoms with Crippen LogP contribution in [0.25, 0.3) is 0 Å². The minimum atomic E-state index is -0.205. The Morgan fingerprint density at radius 3 is 1.83 bits per heavy atom. The molecule has 2 nitrogen and oxygen atoms in total. The molecule has 0 spiro atoms. The summed E-state index contributed by atoms with van der Waals surface area (Å²) in [6, 6.07) is 0. The van der Waals surface area contributed by atoms with Crippen molar-refractivity contribution in [2.24, 2.45) is 5.92 Å². The molecule has 2 heteroatoms. The molecule has 0 aliphatic rings. The molecule has 0 rings (SSSR count). The zero-order valence-electron chi connectivity index (χ0n) is 13.3. The summed E-state index contributed by atoms with van der Waals surface area (Å²) in [6.45, 7) is 14.9. The molecule has 0 radical (unpaired) electrons. The van der Waals surface area contributed by atoms with Crippen LogP contribution < -0.4 is 0 Å². The van der Waals surface area contributed by atoms with E-state index in [9.17, 15) is 0 Å². The molecular formula is C16H32O2. The predicted octanol–water partition coefficient (Wildman–Crippen LogP) is 4.94. The summed E-state index contributed by atoms with van der Waals surface area (Å²) < 4.78 is 11.5. The normalized spacial score (nSPS) is 13.4. The van der Waals surface area contributed by atoms with Crippen LogP contribution in [0.5, 0.6) is 0 Å². The molecule has 0 saturated carbocycles. The fraction of sp³-hybridized carbons (Fsp3) is 0.875. The lowest BCUT2D eigenvalue weighted by molar-refractivity contribution is -0.152. The van der Waals surface area contributed by atoms with Gasteiger partial charge >= 0.3 is 0 Å². The zero-order valence-corrected chi connectivity index (χ0v) is 13.3. The monoisotopic (exact) mass is 256 g/mol. The van der Waals surface area contributed by atoms with Crippen LogP contribution in [0.2, 0.25) is 0 Å². The first-order valence-electron chi connectivity index (χ1n) is 7.29. The Balaban J connectivity index is 4.23. The number of hydrogen-bond donors (Lipinski definition) is 0. The van der Waals surface area contributed by atoms with Gasteiger partial charge in [0.25, 0.3) is 0 Å². The Kier molecular flexibility index (Phi) is 9.39. The molecule has 0 aliphatic heterocycles. The van der Waals surface area contributed by atoms with Crippen LogP contribution in [-0.4, -0.2) is 18.5 Å². The number of ether oxygens (including phenoxy) is 2. The van der Waals surface area contributed by atoms with Crippen molar-refractivity contribution in [3.8, 4) is 0 Å². The van der Waals surface area contributed by atoms with Crippen molar-refractivity contribution < 1.29 is 9.47 Å². The molecule has 0 heterocycles. The molecule has 0 aliphatic carbocycles. The van der Waals surface area contributed by atoms with Gasteiger partial charge < -0.3 is 9.47 Å². The summed E-state index contributed by atoms with van der Waals surface area (Å²) in [5.74, 6) is 0.785. The number of allylic oxidation sites excluding steroid dienone is 1. The van der Waals surface area contributed by atoms with Crippen molar-refractivity contribution >= 4 is 0 Å². The maximum absolute atomic E-state index is 5.76. The molecule has 0 bridgehead atoms. The van der Waals surface area contributed by atoms with E-state index in [2.05, 4.69) is 26.8 Å². The summed E-state index contributed by atoms with van der Waals surface area (Å²) in [6.07, 6.45) is 5.96. The van der Waals surface area contributed by atoms with Gasteiger partial charge in [0, 0.05) is 0 Å². The van der Waals surface area contributed by atoms with Gasteiger partial charge in [0.2, 0.25) is 0 Å². The quantitative estimate of drug-likeness (QED) is 0.430. The number of rotatable bonds is 9. The van der Waals surface area contributed by atoms with E-state index in [1.54, 1.807) is 0 Å². The molecule has 0 atom stereocenters. The average molecular weight is 256 g/mol. The van der Waals surface area contributed by atoms with E-state index in [-0.39, 0.29) is 18.5 Å². The van der Waals surface area contributed by atoms with Gasteiger partial charge in [0.1, 0.15) is 0 Å². The molecule has 0 aromatic rings. The third kappa shape index (κ3) is 10.8. The first-order valence-corrected chi connectivity index (χ1v) is 7.29. The van der Waals surface area contributed by atoms with Gasteiger partial charge in [-0.15, -0.1) is 0 Å². The zero-order chi connectivity index (χ0) is 14.1. The highest BCUT2D eigenvalue weighted by molar-refractivity contribution is 5.00. The highest BCUT2D eigenvalue weighted by Crippen LogP contribution is 2.14. The second-order valence-corrected chi connectivity index (χ2v) is 6.04. The molecule has 108 valence electrons. The Morgan fingerprint density at radius 2 is 1.44 bits per heavy atom. The molecule has 0 saturated heterocycles. The summed E-state index contributed by atoms with van der Waals surface area (Å²) in [5.41, 5.74) is 1.36. The van der Waals surface area contributed by atoms with E-state index >= 15 is 0 Å². The van der Waals surface area contributed by atoms with Crippen molar-refractivity contribution in [3.05, 3.63) is 11.6 Å². The maximum Gasteiger partial charge on any atom is 0.177 e. The van der Waals surface area contributed by atoms with Gasteiger partial charge in [-0.1, -0.05) is 25.8 Å². The highest BCUT2D eigenvalue weighted by Gasteiger charge is 2.11. The largest absolute Gasteiger partial charge is 0.346 e. The topological polar surface area (TPSA) is 18.5 Å². The van der Waals surface area contributed by atoms with Crippen molar-refractivity contribution in [1.82, 2.24) is 0 Å². The van der Waals surface area contributed by atoms with E-state index in [0.29, 0.717) is 0 Å². The third-order valence-corrected chi connectivity index (χ3v) is 2.59. The lowest BCUT2D eigenvalue weighted by Gasteiger charge is -2.21. The Labute approximate surface area is 114 Å². The Morgan fingerprint density at radius 1 is 0.944 bits per heavy atom. The average Bonchev–Trinajstić information content (AvgIpc) is 2.13. The minimum Gasteiger partial charge on any atom is -0.346 e.